The molecule has 0 spiro atoms. The van der Waals surface area contributed by atoms with Crippen molar-refractivity contribution >= 4 is 6.08 Å². The van der Waals surface area contributed by atoms with Crippen molar-refractivity contribution in [2.45, 2.75) is 140 Å². The summed E-state index contributed by atoms with van der Waals surface area (Å²) in [4.78, 5) is 0. The van der Waals surface area contributed by atoms with Crippen LogP contribution in [0.1, 0.15) is 162 Å². The van der Waals surface area contributed by atoms with Gasteiger partial charge in [-0.1, -0.05) is 108 Å². The van der Waals surface area contributed by atoms with E-state index in [-0.39, 0.29) is 0 Å². The van der Waals surface area contributed by atoms with Crippen LogP contribution in [0.25, 0.3) is 6.08 Å². The molecule has 0 saturated heterocycles. The van der Waals surface area contributed by atoms with Crippen LogP contribution in [0.4, 0.5) is 0 Å². The van der Waals surface area contributed by atoms with E-state index in [1.54, 1.807) is 5.56 Å². The highest BCUT2D eigenvalue weighted by Crippen LogP contribution is 2.50. The summed E-state index contributed by atoms with van der Waals surface area (Å²) in [6.45, 7) is 4.29. The van der Waals surface area contributed by atoms with Crippen molar-refractivity contribution in [1.82, 2.24) is 0 Å². The Morgan fingerprint density at radius 2 is 1.06 bits per heavy atom. The molecule has 32 heavy (non-hydrogen) atoms. The third kappa shape index (κ3) is 4.90. The van der Waals surface area contributed by atoms with Crippen LogP contribution >= 0.6 is 0 Å². The molecule has 4 aliphatic carbocycles. The molecule has 2 atom stereocenters. The first kappa shape index (κ1) is 22.7. The molecule has 0 aliphatic heterocycles. The predicted molar refractivity (Wildman–Crippen MR) is 139 cm³/mol. The summed E-state index contributed by atoms with van der Waals surface area (Å²) in [7, 11) is 0. The first-order valence-corrected chi connectivity index (χ1v) is 14.6. The molecule has 4 aliphatic rings. The van der Waals surface area contributed by atoms with Crippen LogP contribution in [-0.4, -0.2) is 0 Å². The smallest absolute Gasteiger partial charge is 0.0153 e. The van der Waals surface area contributed by atoms with E-state index in [4.69, 9.17) is 0 Å². The van der Waals surface area contributed by atoms with Crippen molar-refractivity contribution in [1.29, 1.82) is 0 Å². The maximum absolute atomic E-state index is 4.29. The second kappa shape index (κ2) is 10.9. The van der Waals surface area contributed by atoms with Crippen molar-refractivity contribution < 1.29 is 0 Å². The van der Waals surface area contributed by atoms with E-state index in [9.17, 15) is 0 Å². The zero-order chi connectivity index (χ0) is 21.8. The second-order valence-corrected chi connectivity index (χ2v) is 12.0. The van der Waals surface area contributed by atoms with Crippen LogP contribution in [0, 0.1) is 11.8 Å². The van der Waals surface area contributed by atoms with E-state index >= 15 is 0 Å². The Labute approximate surface area is 198 Å². The number of hydrogen-bond donors (Lipinski definition) is 0. The maximum atomic E-state index is 4.29. The zero-order valence-electron chi connectivity index (χ0n) is 20.8. The molecule has 0 bridgehead atoms. The summed E-state index contributed by atoms with van der Waals surface area (Å²) in [6.07, 6.45) is 30.0. The average Bonchev–Trinajstić information content (AvgIpc) is 2.89. The largest absolute Gasteiger partial charge is 0.0985 e. The maximum Gasteiger partial charge on any atom is -0.0153 e. The standard InChI is InChI=1S/C32H48/c1-2-24-21-22-30(29-20-12-19-28(23-29)25-13-6-3-7-14-25)32(27-17-10-5-11-18-27)31(24)26-15-8-4-9-16-26/h2,21-22,25-29H,1,3-20,23H2. The van der Waals surface area contributed by atoms with E-state index < -0.39 is 0 Å². The SMILES string of the molecule is C=Cc1ccc(C2CCCC(C3CCCCC3)C2)c(C2CCCCC2)c1C1CCCCC1. The van der Waals surface area contributed by atoms with Gasteiger partial charge in [0, 0.05) is 0 Å². The number of benzene rings is 1. The molecule has 0 radical (unpaired) electrons. The molecule has 0 nitrogen and oxygen atoms in total. The van der Waals surface area contributed by atoms with Crippen molar-refractivity contribution in [3.8, 4) is 0 Å². The third-order valence-electron chi connectivity index (χ3n) is 10.1. The van der Waals surface area contributed by atoms with E-state index in [1.807, 2.05) is 11.1 Å². The minimum atomic E-state index is 0.798. The third-order valence-corrected chi connectivity index (χ3v) is 10.1. The van der Waals surface area contributed by atoms with Crippen LogP contribution in [0.3, 0.4) is 0 Å². The molecular weight excluding hydrogens is 384 g/mol. The van der Waals surface area contributed by atoms with E-state index in [2.05, 4.69) is 24.8 Å². The molecular formula is C32H48. The fourth-order valence-electron chi connectivity index (χ4n) is 8.44. The summed E-state index contributed by atoms with van der Waals surface area (Å²) in [5.41, 5.74) is 6.94. The Kier molecular flexibility index (Phi) is 7.76. The first-order chi connectivity index (χ1) is 15.8. The Balaban J connectivity index is 1.51. The summed E-state index contributed by atoms with van der Waals surface area (Å²) in [6, 6.07) is 5.09. The van der Waals surface area contributed by atoms with Crippen molar-refractivity contribution in [2.75, 3.05) is 0 Å². The molecule has 0 aromatic heterocycles. The molecule has 0 heteroatoms. The van der Waals surface area contributed by atoms with E-state index in [0.717, 1.165) is 29.6 Å². The van der Waals surface area contributed by atoms with Crippen LogP contribution < -0.4 is 0 Å². The lowest BCUT2D eigenvalue weighted by molar-refractivity contribution is 0.182. The fourth-order valence-corrected chi connectivity index (χ4v) is 8.44. The topological polar surface area (TPSA) is 0 Å². The van der Waals surface area contributed by atoms with Crippen LogP contribution in [-0.2, 0) is 0 Å². The monoisotopic (exact) mass is 432 g/mol. The van der Waals surface area contributed by atoms with Gasteiger partial charge in [-0.2, -0.15) is 0 Å². The Bertz CT molecular complexity index is 740. The lowest BCUT2D eigenvalue weighted by Crippen LogP contribution is -2.25. The lowest BCUT2D eigenvalue weighted by Gasteiger charge is -2.39. The average molecular weight is 433 g/mol. The van der Waals surface area contributed by atoms with E-state index in [1.165, 1.54) is 128 Å². The highest BCUT2D eigenvalue weighted by Gasteiger charge is 2.34. The van der Waals surface area contributed by atoms with Crippen molar-refractivity contribution in [3.05, 3.63) is 41.0 Å². The predicted octanol–water partition coefficient (Wildman–Crippen LogP) is 10.3. The van der Waals surface area contributed by atoms with Crippen molar-refractivity contribution in [3.63, 3.8) is 0 Å². The molecule has 1 aromatic rings. The quantitative estimate of drug-likeness (QED) is 0.434. The molecule has 0 N–H and O–H groups in total. The van der Waals surface area contributed by atoms with Gasteiger partial charge in [0.05, 0.1) is 0 Å². The normalized spacial score (nSPS) is 29.1. The second-order valence-electron chi connectivity index (χ2n) is 12.0. The molecule has 4 saturated carbocycles. The van der Waals surface area contributed by atoms with Gasteiger partial charge in [0.1, 0.15) is 0 Å². The minimum Gasteiger partial charge on any atom is -0.0985 e. The van der Waals surface area contributed by atoms with Crippen LogP contribution in [0.2, 0.25) is 0 Å². The van der Waals surface area contributed by atoms with Crippen LogP contribution in [0.5, 0.6) is 0 Å². The van der Waals surface area contributed by atoms with Gasteiger partial charge < -0.3 is 0 Å². The summed E-state index contributed by atoms with van der Waals surface area (Å²) < 4.78 is 0. The fraction of sp³-hybridized carbons (Fsp3) is 0.750. The van der Waals surface area contributed by atoms with E-state index in [0.29, 0.717) is 0 Å². The van der Waals surface area contributed by atoms with Crippen LogP contribution in [0.15, 0.2) is 18.7 Å². The molecule has 0 heterocycles. The number of hydrogen-bond acceptors (Lipinski definition) is 0. The molecule has 1 aromatic carbocycles. The number of rotatable bonds is 5. The molecule has 5 rings (SSSR count). The highest BCUT2D eigenvalue weighted by atomic mass is 14.4. The van der Waals surface area contributed by atoms with Gasteiger partial charge in [0.25, 0.3) is 0 Å². The van der Waals surface area contributed by atoms with Gasteiger partial charge in [0.2, 0.25) is 0 Å². The molecule has 2 unspecified atom stereocenters. The summed E-state index contributed by atoms with van der Waals surface area (Å²) >= 11 is 0. The van der Waals surface area contributed by atoms with Gasteiger partial charge in [0.15, 0.2) is 0 Å². The molecule has 0 amide bonds. The Hall–Kier alpha value is -1.04. The van der Waals surface area contributed by atoms with Gasteiger partial charge in [-0.05, 0) is 90.4 Å². The lowest BCUT2D eigenvalue weighted by atomic mass is 9.66. The molecule has 4 fully saturated rings. The highest BCUT2D eigenvalue weighted by molar-refractivity contribution is 5.59. The van der Waals surface area contributed by atoms with Crippen molar-refractivity contribution in [2.24, 2.45) is 11.8 Å². The first-order valence-electron chi connectivity index (χ1n) is 14.6. The summed E-state index contributed by atoms with van der Waals surface area (Å²) in [5.74, 6) is 4.49. The van der Waals surface area contributed by atoms with Gasteiger partial charge in [-0.25, -0.2) is 0 Å². The Morgan fingerprint density at radius 3 is 1.69 bits per heavy atom. The summed E-state index contributed by atoms with van der Waals surface area (Å²) in [5, 5.41) is 0. The molecule has 176 valence electrons. The van der Waals surface area contributed by atoms with Gasteiger partial charge in [-0.3, -0.25) is 0 Å². The van der Waals surface area contributed by atoms with Gasteiger partial charge >= 0.3 is 0 Å². The zero-order valence-corrected chi connectivity index (χ0v) is 20.8. The Morgan fingerprint density at radius 1 is 0.531 bits per heavy atom. The minimum absolute atomic E-state index is 0.798. The van der Waals surface area contributed by atoms with Gasteiger partial charge in [-0.15, -0.1) is 0 Å².